The third-order valence-corrected chi connectivity index (χ3v) is 3.00. The molecule has 0 aromatic heterocycles. The summed E-state index contributed by atoms with van der Waals surface area (Å²) in [6, 6.07) is 17.4. The molecule has 2 rings (SSSR count). The van der Waals surface area contributed by atoms with E-state index >= 15 is 0 Å². The lowest BCUT2D eigenvalue weighted by Crippen LogP contribution is -2.19. The first-order valence-corrected chi connectivity index (χ1v) is 6.88. The molecule has 0 fully saturated rings. The van der Waals surface area contributed by atoms with Crippen LogP contribution in [0.2, 0.25) is 0 Å². The Morgan fingerprint density at radius 3 is 2.43 bits per heavy atom. The van der Waals surface area contributed by atoms with E-state index in [1.807, 2.05) is 61.5 Å². The summed E-state index contributed by atoms with van der Waals surface area (Å²) in [6.07, 6.45) is 0.0895. The van der Waals surface area contributed by atoms with Gasteiger partial charge in [-0.15, -0.1) is 0 Å². The highest BCUT2D eigenvalue weighted by Crippen LogP contribution is 2.18. The fraction of sp³-hybridized carbons (Fsp3) is 0.235. The van der Waals surface area contributed by atoms with Crippen molar-refractivity contribution in [2.24, 2.45) is 0 Å². The van der Waals surface area contributed by atoms with Crippen LogP contribution in [0.5, 0.6) is 5.75 Å². The summed E-state index contributed by atoms with van der Waals surface area (Å²) in [4.78, 5) is 10.6. The Bertz CT molecular complexity index is 566. The molecule has 0 bridgehead atoms. The summed E-state index contributed by atoms with van der Waals surface area (Å²) in [5, 5.41) is 11.9. The van der Waals surface area contributed by atoms with Crippen molar-refractivity contribution in [3.05, 3.63) is 60.2 Å². The smallest absolute Gasteiger partial charge is 0.305 e. The molecule has 4 heteroatoms. The zero-order valence-corrected chi connectivity index (χ0v) is 12.0. The number of rotatable bonds is 7. The van der Waals surface area contributed by atoms with Crippen molar-refractivity contribution in [1.82, 2.24) is 0 Å². The summed E-state index contributed by atoms with van der Waals surface area (Å²) in [5.41, 5.74) is 2.01. The molecule has 1 atom stereocenters. The highest BCUT2D eigenvalue weighted by atomic mass is 16.5. The fourth-order valence-corrected chi connectivity index (χ4v) is 1.99. The van der Waals surface area contributed by atoms with Gasteiger partial charge < -0.3 is 15.2 Å². The topological polar surface area (TPSA) is 58.6 Å². The summed E-state index contributed by atoms with van der Waals surface area (Å²) in [7, 11) is 0. The molecule has 0 aliphatic rings. The first-order valence-electron chi connectivity index (χ1n) is 6.88. The minimum atomic E-state index is -0.808. The van der Waals surface area contributed by atoms with Gasteiger partial charge in [0.25, 0.3) is 0 Å². The normalized spacial score (nSPS) is 11.7. The number of hydrogen-bond acceptors (Lipinski definition) is 3. The Balaban J connectivity index is 1.85. The van der Waals surface area contributed by atoms with E-state index < -0.39 is 5.97 Å². The highest BCUT2D eigenvalue weighted by Gasteiger charge is 2.07. The number of carboxylic acid groups (broad SMARTS) is 1. The lowest BCUT2D eigenvalue weighted by atomic mass is 10.2. The minimum Gasteiger partial charge on any atom is -0.489 e. The second-order valence-corrected chi connectivity index (χ2v) is 4.94. The van der Waals surface area contributed by atoms with E-state index in [9.17, 15) is 4.79 Å². The van der Waals surface area contributed by atoms with E-state index in [0.717, 1.165) is 17.0 Å². The van der Waals surface area contributed by atoms with E-state index in [2.05, 4.69) is 5.32 Å². The first kappa shape index (κ1) is 14.9. The van der Waals surface area contributed by atoms with Gasteiger partial charge in [0.2, 0.25) is 0 Å². The summed E-state index contributed by atoms with van der Waals surface area (Å²) in [5.74, 6) is -0.0203. The maximum atomic E-state index is 10.6. The van der Waals surface area contributed by atoms with Crippen LogP contribution in [0.3, 0.4) is 0 Å². The van der Waals surface area contributed by atoms with Crippen molar-refractivity contribution in [3.8, 4) is 5.75 Å². The van der Waals surface area contributed by atoms with E-state index in [1.165, 1.54) is 0 Å². The van der Waals surface area contributed by atoms with Gasteiger partial charge in [-0.2, -0.15) is 0 Å². The molecule has 4 nitrogen and oxygen atoms in total. The number of carbonyl (C=O) groups is 1. The predicted molar refractivity (Wildman–Crippen MR) is 82.6 cm³/mol. The monoisotopic (exact) mass is 285 g/mol. The van der Waals surface area contributed by atoms with Gasteiger partial charge in [-0.05, 0) is 36.8 Å². The highest BCUT2D eigenvalue weighted by molar-refractivity contribution is 5.68. The zero-order chi connectivity index (χ0) is 15.1. The lowest BCUT2D eigenvalue weighted by molar-refractivity contribution is -0.137. The summed E-state index contributed by atoms with van der Waals surface area (Å²) in [6.45, 7) is 2.37. The van der Waals surface area contributed by atoms with E-state index in [0.29, 0.717) is 6.61 Å². The zero-order valence-electron chi connectivity index (χ0n) is 12.0. The SMILES string of the molecule is CC(CC(=O)O)Nc1ccc(OCc2ccccc2)cc1. The Morgan fingerprint density at radius 1 is 1.14 bits per heavy atom. The average Bonchev–Trinajstić information content (AvgIpc) is 2.47. The molecule has 0 amide bonds. The predicted octanol–water partition coefficient (Wildman–Crippen LogP) is 3.54. The second kappa shape index (κ2) is 7.33. The number of benzene rings is 2. The number of nitrogens with one attached hydrogen (secondary N) is 1. The van der Waals surface area contributed by atoms with Gasteiger partial charge >= 0.3 is 5.97 Å². The van der Waals surface area contributed by atoms with Gasteiger partial charge in [0, 0.05) is 11.7 Å². The molecule has 21 heavy (non-hydrogen) atoms. The van der Waals surface area contributed by atoms with Crippen LogP contribution in [0, 0.1) is 0 Å². The number of ether oxygens (including phenoxy) is 1. The first-order chi connectivity index (χ1) is 10.1. The van der Waals surface area contributed by atoms with E-state index in [1.54, 1.807) is 0 Å². The molecule has 0 saturated heterocycles. The number of hydrogen-bond donors (Lipinski definition) is 2. The number of aliphatic carboxylic acids is 1. The standard InChI is InChI=1S/C17H19NO3/c1-13(11-17(19)20)18-15-7-9-16(10-8-15)21-12-14-5-3-2-4-6-14/h2-10,13,18H,11-12H2,1H3,(H,19,20). The third kappa shape index (κ3) is 5.18. The van der Waals surface area contributed by atoms with Crippen molar-refractivity contribution in [2.75, 3.05) is 5.32 Å². The van der Waals surface area contributed by atoms with Gasteiger partial charge in [0.1, 0.15) is 12.4 Å². The lowest BCUT2D eigenvalue weighted by Gasteiger charge is -2.13. The Labute approximate surface area is 124 Å². The van der Waals surface area contributed by atoms with Crippen molar-refractivity contribution in [2.45, 2.75) is 26.0 Å². The third-order valence-electron chi connectivity index (χ3n) is 3.00. The maximum absolute atomic E-state index is 10.6. The molecule has 1 unspecified atom stereocenters. The van der Waals surface area contributed by atoms with Crippen LogP contribution < -0.4 is 10.1 Å². The van der Waals surface area contributed by atoms with E-state index in [-0.39, 0.29) is 12.5 Å². The quantitative estimate of drug-likeness (QED) is 0.817. The maximum Gasteiger partial charge on any atom is 0.305 e. The molecule has 0 heterocycles. The molecular formula is C17H19NO3. The molecule has 0 aliphatic heterocycles. The van der Waals surface area contributed by atoms with Crippen LogP contribution in [0.25, 0.3) is 0 Å². The van der Waals surface area contributed by atoms with Gasteiger partial charge in [-0.3, -0.25) is 4.79 Å². The Hall–Kier alpha value is -2.49. The summed E-state index contributed by atoms with van der Waals surface area (Å²) >= 11 is 0. The Morgan fingerprint density at radius 2 is 1.81 bits per heavy atom. The van der Waals surface area contributed by atoms with Crippen LogP contribution in [-0.4, -0.2) is 17.1 Å². The van der Waals surface area contributed by atoms with Crippen LogP contribution >= 0.6 is 0 Å². The molecule has 2 aromatic carbocycles. The van der Waals surface area contributed by atoms with Gasteiger partial charge in [0.05, 0.1) is 6.42 Å². The van der Waals surface area contributed by atoms with Crippen molar-refractivity contribution in [3.63, 3.8) is 0 Å². The molecular weight excluding hydrogens is 266 g/mol. The van der Waals surface area contributed by atoms with E-state index in [4.69, 9.17) is 9.84 Å². The molecule has 110 valence electrons. The van der Waals surface area contributed by atoms with Crippen molar-refractivity contribution < 1.29 is 14.6 Å². The number of carboxylic acids is 1. The minimum absolute atomic E-state index is 0.0895. The molecule has 0 aliphatic carbocycles. The Kier molecular flexibility index (Phi) is 5.21. The molecule has 2 N–H and O–H groups in total. The van der Waals surface area contributed by atoms with Crippen molar-refractivity contribution >= 4 is 11.7 Å². The van der Waals surface area contributed by atoms with Gasteiger partial charge in [0.15, 0.2) is 0 Å². The number of anilines is 1. The van der Waals surface area contributed by atoms with Crippen LogP contribution in [0.15, 0.2) is 54.6 Å². The average molecular weight is 285 g/mol. The van der Waals surface area contributed by atoms with Gasteiger partial charge in [-0.25, -0.2) is 0 Å². The van der Waals surface area contributed by atoms with Crippen molar-refractivity contribution in [1.29, 1.82) is 0 Å². The van der Waals surface area contributed by atoms with Crippen LogP contribution in [0.4, 0.5) is 5.69 Å². The largest absolute Gasteiger partial charge is 0.489 e. The summed E-state index contributed by atoms with van der Waals surface area (Å²) < 4.78 is 5.69. The fourth-order valence-electron chi connectivity index (χ4n) is 1.99. The molecule has 0 spiro atoms. The molecule has 0 saturated carbocycles. The molecule has 2 aromatic rings. The van der Waals surface area contributed by atoms with Crippen LogP contribution in [0.1, 0.15) is 18.9 Å². The van der Waals surface area contributed by atoms with Crippen LogP contribution in [-0.2, 0) is 11.4 Å². The second-order valence-electron chi connectivity index (χ2n) is 4.94. The van der Waals surface area contributed by atoms with Gasteiger partial charge in [-0.1, -0.05) is 30.3 Å². The molecule has 0 radical (unpaired) electrons.